The third-order valence-electron chi connectivity index (χ3n) is 1.81. The maximum absolute atomic E-state index is 11.5. The van der Waals surface area contributed by atoms with Crippen molar-refractivity contribution >= 4 is 17.2 Å². The minimum atomic E-state index is -0.217. The van der Waals surface area contributed by atoms with Crippen LogP contribution < -0.4 is 5.32 Å². The molecule has 1 amide bonds. The van der Waals surface area contributed by atoms with Gasteiger partial charge in [-0.2, -0.15) is 0 Å². The lowest BCUT2D eigenvalue weighted by atomic mass is 10.4. The van der Waals surface area contributed by atoms with Crippen molar-refractivity contribution in [3.05, 3.63) is 34.3 Å². The molecule has 0 atom stereocenters. The van der Waals surface area contributed by atoms with Gasteiger partial charge in [-0.3, -0.25) is 4.79 Å². The number of thiazole rings is 1. The van der Waals surface area contributed by atoms with E-state index in [2.05, 4.69) is 20.3 Å². The van der Waals surface area contributed by atoms with Crippen LogP contribution in [0.5, 0.6) is 0 Å². The molecule has 0 aliphatic carbocycles. The fraction of sp³-hybridized carbons (Fsp3) is 0.222. The Bertz CT molecular complexity index is 448. The Labute approximate surface area is 90.6 Å². The molecule has 2 aromatic rings. The minimum Gasteiger partial charge on any atom is -0.344 e. The summed E-state index contributed by atoms with van der Waals surface area (Å²) < 4.78 is 0. The van der Waals surface area contributed by atoms with Crippen LogP contribution in [-0.2, 0) is 6.54 Å². The van der Waals surface area contributed by atoms with E-state index in [0.29, 0.717) is 12.4 Å². The van der Waals surface area contributed by atoms with Crippen LogP contribution in [0.3, 0.4) is 0 Å². The van der Waals surface area contributed by atoms with Crippen LogP contribution in [0.25, 0.3) is 0 Å². The Morgan fingerprint density at radius 1 is 1.67 bits per heavy atom. The van der Waals surface area contributed by atoms with Gasteiger partial charge in [-0.15, -0.1) is 11.3 Å². The zero-order chi connectivity index (χ0) is 10.7. The summed E-state index contributed by atoms with van der Waals surface area (Å²) in [5.41, 5.74) is 0.873. The molecule has 0 unspecified atom stereocenters. The van der Waals surface area contributed by atoms with Gasteiger partial charge in [-0.1, -0.05) is 0 Å². The van der Waals surface area contributed by atoms with Crippen LogP contribution in [0.2, 0.25) is 0 Å². The quantitative estimate of drug-likeness (QED) is 0.817. The molecule has 0 bridgehead atoms. The van der Waals surface area contributed by atoms with Crippen LogP contribution in [0, 0.1) is 6.92 Å². The van der Waals surface area contributed by atoms with E-state index in [-0.39, 0.29) is 5.91 Å². The number of nitrogens with zero attached hydrogens (tertiary/aromatic N) is 2. The van der Waals surface area contributed by atoms with Gasteiger partial charge in [-0.05, 0) is 6.92 Å². The van der Waals surface area contributed by atoms with Gasteiger partial charge in [0, 0.05) is 17.8 Å². The third-order valence-corrected chi connectivity index (χ3v) is 2.63. The highest BCUT2D eigenvalue weighted by molar-refractivity contribution is 7.09. The van der Waals surface area contributed by atoms with E-state index in [1.54, 1.807) is 23.7 Å². The lowest BCUT2D eigenvalue weighted by Gasteiger charge is -1.99. The van der Waals surface area contributed by atoms with E-state index in [1.807, 2.05) is 12.3 Å². The van der Waals surface area contributed by atoms with Crippen LogP contribution >= 0.6 is 11.3 Å². The second-order valence-corrected chi connectivity index (χ2v) is 4.04. The first-order valence-electron chi connectivity index (χ1n) is 4.44. The Morgan fingerprint density at radius 3 is 3.13 bits per heavy atom. The number of aromatic nitrogens is 3. The lowest BCUT2D eigenvalue weighted by molar-refractivity contribution is 0.0941. The number of hydrogen-bond donors (Lipinski definition) is 2. The molecule has 0 aliphatic heterocycles. The van der Waals surface area contributed by atoms with Gasteiger partial charge in [-0.25, -0.2) is 9.97 Å². The number of carbonyl (C=O) groups is 1. The average Bonchev–Trinajstić information content (AvgIpc) is 2.84. The Morgan fingerprint density at radius 2 is 2.53 bits per heavy atom. The van der Waals surface area contributed by atoms with Gasteiger partial charge in [0.25, 0.3) is 5.91 Å². The van der Waals surface area contributed by atoms with Crippen molar-refractivity contribution in [1.29, 1.82) is 0 Å². The fourth-order valence-electron chi connectivity index (χ4n) is 1.13. The van der Waals surface area contributed by atoms with Crippen molar-refractivity contribution in [3.63, 3.8) is 0 Å². The average molecular weight is 222 g/mol. The Balaban J connectivity index is 1.91. The van der Waals surface area contributed by atoms with Crippen molar-refractivity contribution in [2.75, 3.05) is 0 Å². The smallest absolute Gasteiger partial charge is 0.287 e. The summed E-state index contributed by atoms with van der Waals surface area (Å²) >= 11 is 1.57. The zero-order valence-corrected chi connectivity index (χ0v) is 8.97. The molecule has 78 valence electrons. The normalized spacial score (nSPS) is 10.2. The van der Waals surface area contributed by atoms with Crippen molar-refractivity contribution in [3.8, 4) is 0 Å². The summed E-state index contributed by atoms with van der Waals surface area (Å²) in [5, 5.41) is 5.65. The number of aromatic amines is 1. The topological polar surface area (TPSA) is 70.7 Å². The molecule has 6 heteroatoms. The molecule has 0 saturated heterocycles. The number of hydrogen-bond acceptors (Lipinski definition) is 4. The Kier molecular flexibility index (Phi) is 2.77. The maximum Gasteiger partial charge on any atom is 0.287 e. The predicted octanol–water partition coefficient (Wildman–Crippen LogP) is 1.10. The first-order chi connectivity index (χ1) is 7.25. The van der Waals surface area contributed by atoms with Gasteiger partial charge in [0.2, 0.25) is 0 Å². The highest BCUT2D eigenvalue weighted by Gasteiger charge is 2.07. The molecule has 0 spiro atoms. The van der Waals surface area contributed by atoms with Crippen LogP contribution in [0.15, 0.2) is 17.8 Å². The number of H-pyrrole nitrogens is 1. The number of nitrogens with one attached hydrogen (secondary N) is 2. The van der Waals surface area contributed by atoms with Gasteiger partial charge in [0.1, 0.15) is 0 Å². The molecule has 0 radical (unpaired) electrons. The van der Waals surface area contributed by atoms with Crippen molar-refractivity contribution < 1.29 is 4.79 Å². The van der Waals surface area contributed by atoms with Gasteiger partial charge >= 0.3 is 0 Å². The summed E-state index contributed by atoms with van der Waals surface area (Å²) in [4.78, 5) is 22.3. The minimum absolute atomic E-state index is 0.217. The first kappa shape index (κ1) is 9.85. The van der Waals surface area contributed by atoms with Gasteiger partial charge in [0.05, 0.1) is 17.2 Å². The third kappa shape index (κ3) is 2.41. The van der Waals surface area contributed by atoms with E-state index < -0.39 is 0 Å². The summed E-state index contributed by atoms with van der Waals surface area (Å²) in [6, 6.07) is 0. The molecule has 15 heavy (non-hydrogen) atoms. The first-order valence-corrected chi connectivity index (χ1v) is 5.32. The summed E-state index contributed by atoms with van der Waals surface area (Å²) in [6.45, 7) is 2.37. The lowest BCUT2D eigenvalue weighted by Crippen LogP contribution is -2.24. The molecular formula is C9H10N4OS. The Hall–Kier alpha value is -1.69. The van der Waals surface area contributed by atoms with E-state index in [0.717, 1.165) is 10.7 Å². The molecule has 0 fully saturated rings. The van der Waals surface area contributed by atoms with Crippen molar-refractivity contribution in [2.45, 2.75) is 13.5 Å². The predicted molar refractivity (Wildman–Crippen MR) is 56.6 cm³/mol. The molecule has 0 saturated carbocycles. The van der Waals surface area contributed by atoms with Gasteiger partial charge < -0.3 is 10.3 Å². The van der Waals surface area contributed by atoms with E-state index in [4.69, 9.17) is 0 Å². The van der Waals surface area contributed by atoms with E-state index >= 15 is 0 Å². The highest BCUT2D eigenvalue weighted by atomic mass is 32.1. The van der Waals surface area contributed by atoms with Crippen LogP contribution in [0.1, 0.15) is 21.3 Å². The standard InChI is InChI=1S/C9H10N4OS/c1-6-13-7(5-15-6)4-12-9(14)8-10-2-3-11-8/h2-3,5H,4H2,1H3,(H,10,11)(H,12,14). The molecular weight excluding hydrogens is 212 g/mol. The maximum atomic E-state index is 11.5. The molecule has 2 aromatic heterocycles. The largest absolute Gasteiger partial charge is 0.344 e. The number of aryl methyl sites for hydroxylation is 1. The van der Waals surface area contributed by atoms with Crippen molar-refractivity contribution in [1.82, 2.24) is 20.3 Å². The van der Waals surface area contributed by atoms with E-state index in [9.17, 15) is 4.79 Å². The number of imidazole rings is 1. The number of carbonyl (C=O) groups excluding carboxylic acids is 1. The second kappa shape index (κ2) is 4.22. The molecule has 5 nitrogen and oxygen atoms in total. The van der Waals surface area contributed by atoms with Crippen LogP contribution in [0.4, 0.5) is 0 Å². The SMILES string of the molecule is Cc1nc(CNC(=O)c2ncc[nH]2)cs1. The fourth-order valence-corrected chi connectivity index (χ4v) is 1.75. The molecule has 0 aromatic carbocycles. The monoisotopic (exact) mass is 222 g/mol. The van der Waals surface area contributed by atoms with E-state index in [1.165, 1.54) is 0 Å². The van der Waals surface area contributed by atoms with Crippen LogP contribution in [-0.4, -0.2) is 20.9 Å². The summed E-state index contributed by atoms with van der Waals surface area (Å²) in [5.74, 6) is 0.104. The molecule has 2 rings (SSSR count). The highest BCUT2D eigenvalue weighted by Crippen LogP contribution is 2.07. The molecule has 0 aliphatic rings. The molecule has 2 N–H and O–H groups in total. The number of amides is 1. The summed E-state index contributed by atoms with van der Waals surface area (Å²) in [7, 11) is 0. The summed E-state index contributed by atoms with van der Waals surface area (Å²) in [6.07, 6.45) is 3.16. The number of rotatable bonds is 3. The van der Waals surface area contributed by atoms with Crippen molar-refractivity contribution in [2.24, 2.45) is 0 Å². The molecule has 2 heterocycles. The zero-order valence-electron chi connectivity index (χ0n) is 8.15. The van der Waals surface area contributed by atoms with Gasteiger partial charge in [0.15, 0.2) is 5.82 Å². The second-order valence-electron chi connectivity index (χ2n) is 2.98.